The molecule has 18 heteroatoms. The number of nitrogens with one attached hydrogen (secondary N) is 3. The Hall–Kier alpha value is -5.94. The number of methoxy groups -OCH3 is 1. The second-order valence-corrected chi connectivity index (χ2v) is 21.7. The number of anilines is 2. The molecule has 3 aromatic carbocycles. The zero-order valence-electron chi connectivity index (χ0n) is 42.4. The van der Waals surface area contributed by atoms with Crippen LogP contribution in [0.2, 0.25) is 5.02 Å². The molecule has 73 heavy (non-hydrogen) atoms. The van der Waals surface area contributed by atoms with Gasteiger partial charge in [0.25, 0.3) is 11.5 Å². The fourth-order valence-electron chi connectivity index (χ4n) is 11.9. The van der Waals surface area contributed by atoms with Crippen LogP contribution in [0.5, 0.6) is 5.75 Å². The zero-order valence-corrected chi connectivity index (χ0v) is 43.2. The van der Waals surface area contributed by atoms with Crippen LogP contribution in [0.3, 0.4) is 0 Å². The first-order valence-electron chi connectivity index (χ1n) is 25.9. The van der Waals surface area contributed by atoms with Crippen molar-refractivity contribution in [3.63, 3.8) is 0 Å². The molecule has 0 radical (unpaired) electrons. The van der Waals surface area contributed by atoms with Crippen LogP contribution in [0.15, 0.2) is 70.4 Å². The topological polar surface area (TPSA) is 158 Å². The Morgan fingerprint density at radius 1 is 0.849 bits per heavy atom. The molecule has 14 nitrogen and oxygen atoms in total. The molecule has 4 fully saturated rings. The largest absolute Gasteiger partial charge is 0.496 e. The Morgan fingerprint density at radius 2 is 1.56 bits per heavy atom. The summed E-state index contributed by atoms with van der Waals surface area (Å²) in [6.07, 6.45) is 6.60. The molecule has 5 aromatic rings. The van der Waals surface area contributed by atoms with Gasteiger partial charge in [-0.05, 0) is 163 Å². The van der Waals surface area contributed by atoms with Crippen LogP contribution in [0.1, 0.15) is 130 Å². The highest BCUT2D eigenvalue weighted by atomic mass is 35.5. The molecule has 2 aromatic heterocycles. The number of rotatable bonds is 12. The number of hydrogen-bond acceptors (Lipinski definition) is 10. The summed E-state index contributed by atoms with van der Waals surface area (Å²) in [5.41, 5.74) is 1.76. The van der Waals surface area contributed by atoms with Crippen molar-refractivity contribution in [2.45, 2.75) is 116 Å². The number of carbonyl (C=O) groups excluding carboxylic acids is 2. The lowest BCUT2D eigenvalue weighted by atomic mass is 9.65. The van der Waals surface area contributed by atoms with Crippen LogP contribution in [0.4, 0.5) is 24.7 Å². The minimum atomic E-state index is -4.50. The van der Waals surface area contributed by atoms with Crippen LogP contribution >= 0.6 is 11.6 Å². The number of alkyl halides is 3. The van der Waals surface area contributed by atoms with Crippen molar-refractivity contribution in [1.82, 2.24) is 34.2 Å². The fraction of sp³-hybridized carbons (Fsp3) is 0.527. The highest BCUT2D eigenvalue weighted by Crippen LogP contribution is 2.47. The van der Waals surface area contributed by atoms with E-state index in [9.17, 15) is 32.3 Å². The standard InChI is InChI=1S/C55H67ClF3N9O5/c1-33(2)60-42-27-40(26-41(29-42)55(57,58)59)34(3)61-50-44-30-43(48(73-5)31-46(44)62-35(4)63-50)37-6-8-38(9-7-37)51(70)67-24-22-65(23-25-67)32-36-12-15-54(16-13-36)17-20-66(21-18-54)52(71)39-10-11-45(56)47(28-39)68-19-14-49(69)64-53(68)72/h10-11,14,19,26-31,33-34,36-38,60H,6-9,12-13,15-18,20-25,32H2,1-5H3,(H,61,62,63)(H,64,69,72)/t34-,37?,38?/m1/s1. The van der Waals surface area contributed by atoms with Gasteiger partial charge in [0.2, 0.25) is 5.91 Å². The first-order valence-corrected chi connectivity index (χ1v) is 26.3. The van der Waals surface area contributed by atoms with E-state index in [4.69, 9.17) is 26.3 Å². The van der Waals surface area contributed by atoms with Crippen molar-refractivity contribution in [3.05, 3.63) is 115 Å². The Kier molecular flexibility index (Phi) is 15.3. The molecular weight excluding hydrogens is 959 g/mol. The Bertz CT molecular complexity index is 2950. The van der Waals surface area contributed by atoms with Gasteiger partial charge < -0.3 is 25.2 Å². The van der Waals surface area contributed by atoms with Crippen LogP contribution in [-0.2, 0) is 11.0 Å². The summed E-state index contributed by atoms with van der Waals surface area (Å²) in [6.45, 7) is 13.0. The summed E-state index contributed by atoms with van der Waals surface area (Å²) in [4.78, 5) is 69.9. The Labute approximate surface area is 429 Å². The van der Waals surface area contributed by atoms with E-state index < -0.39 is 29.0 Å². The number of likely N-dealkylation sites (tertiary alicyclic amines) is 1. The number of fused-ring (bicyclic) bond motifs is 1. The lowest BCUT2D eigenvalue weighted by molar-refractivity contribution is -0.139. The van der Waals surface area contributed by atoms with E-state index in [0.29, 0.717) is 63.7 Å². The average Bonchev–Trinajstić information content (AvgIpc) is 3.36. The number of aromatic nitrogens is 4. The lowest BCUT2D eigenvalue weighted by Gasteiger charge is -2.47. The van der Waals surface area contributed by atoms with Crippen molar-refractivity contribution < 1.29 is 27.5 Å². The summed E-state index contributed by atoms with van der Waals surface area (Å²) in [5.74, 6) is 2.67. The molecule has 0 unspecified atom stereocenters. The molecule has 2 saturated carbocycles. The Balaban J connectivity index is 0.748. The third kappa shape index (κ3) is 11.7. The predicted molar refractivity (Wildman–Crippen MR) is 278 cm³/mol. The Morgan fingerprint density at radius 3 is 2.22 bits per heavy atom. The molecule has 4 heterocycles. The van der Waals surface area contributed by atoms with Crippen molar-refractivity contribution >= 4 is 45.8 Å². The molecule has 2 saturated heterocycles. The minimum absolute atomic E-state index is 0.0333. The monoisotopic (exact) mass is 1030 g/mol. The van der Waals surface area contributed by atoms with Crippen molar-refractivity contribution in [1.29, 1.82) is 0 Å². The van der Waals surface area contributed by atoms with Gasteiger partial charge in [-0.1, -0.05) is 11.6 Å². The van der Waals surface area contributed by atoms with Crippen molar-refractivity contribution in [2.75, 3.05) is 63.6 Å². The van der Waals surface area contributed by atoms with Gasteiger partial charge in [-0.15, -0.1) is 0 Å². The average molecular weight is 1030 g/mol. The number of hydrogen-bond donors (Lipinski definition) is 3. The molecule has 2 aliphatic heterocycles. The summed E-state index contributed by atoms with van der Waals surface area (Å²) >= 11 is 6.42. The number of nitrogens with zero attached hydrogens (tertiary/aromatic N) is 6. The molecule has 2 amide bonds. The molecule has 1 spiro atoms. The highest BCUT2D eigenvalue weighted by Gasteiger charge is 2.40. The van der Waals surface area contributed by atoms with Gasteiger partial charge in [-0.25, -0.2) is 14.8 Å². The maximum atomic E-state index is 14.0. The smallest absolute Gasteiger partial charge is 0.416 e. The molecule has 4 aliphatic rings. The third-order valence-corrected chi connectivity index (χ3v) is 16.3. The summed E-state index contributed by atoms with van der Waals surface area (Å²) in [7, 11) is 1.65. The molecule has 0 bridgehead atoms. The molecule has 9 rings (SSSR count). The zero-order chi connectivity index (χ0) is 51.8. The van der Waals surface area contributed by atoms with Gasteiger partial charge in [0, 0.05) is 92.7 Å². The van der Waals surface area contributed by atoms with E-state index in [2.05, 4.69) is 31.5 Å². The first-order chi connectivity index (χ1) is 34.8. The minimum Gasteiger partial charge on any atom is -0.496 e. The summed E-state index contributed by atoms with van der Waals surface area (Å²) in [6, 6.07) is 13.7. The number of aryl methyl sites for hydroxylation is 1. The number of aromatic amines is 1. The van der Waals surface area contributed by atoms with Crippen LogP contribution < -0.4 is 26.6 Å². The second kappa shape index (κ2) is 21.5. The number of carbonyl (C=O) groups is 2. The predicted octanol–water partition coefficient (Wildman–Crippen LogP) is 9.98. The van der Waals surface area contributed by atoms with Crippen molar-refractivity contribution in [2.24, 2.45) is 17.3 Å². The quantitative estimate of drug-likeness (QED) is 0.110. The molecule has 2 aliphatic carbocycles. The van der Waals surface area contributed by atoms with Crippen LogP contribution in [0.25, 0.3) is 16.6 Å². The second-order valence-electron chi connectivity index (χ2n) is 21.3. The van der Waals surface area contributed by atoms with Gasteiger partial charge >= 0.3 is 11.9 Å². The SMILES string of the molecule is COc1cc2nc(C)nc(N[C@H](C)c3cc(NC(C)C)cc(C(F)(F)F)c3)c2cc1C1CCC(C(=O)N2CCN(CC3CCC4(CC3)CCN(C(=O)c3ccc(Cl)c(-n5ccc(=O)[nH]c5=O)c3)CC4)CC2)CC1. The molecule has 390 valence electrons. The third-order valence-electron chi connectivity index (χ3n) is 16.0. The molecular formula is C55H67ClF3N9O5. The van der Waals surface area contributed by atoms with Crippen molar-refractivity contribution in [3.8, 4) is 11.4 Å². The number of piperazine rings is 1. The maximum absolute atomic E-state index is 14.0. The first kappa shape index (κ1) is 51.9. The number of H-pyrrole nitrogens is 1. The van der Waals surface area contributed by atoms with Gasteiger partial charge in [-0.3, -0.25) is 28.8 Å². The van der Waals surface area contributed by atoms with Gasteiger partial charge in [0.05, 0.1) is 34.9 Å². The number of amides is 2. The summed E-state index contributed by atoms with van der Waals surface area (Å²) in [5, 5.41) is 7.60. The van der Waals surface area contributed by atoms with E-state index in [1.807, 2.05) is 31.7 Å². The van der Waals surface area contributed by atoms with E-state index >= 15 is 0 Å². The number of piperidine rings is 1. The van der Waals surface area contributed by atoms with E-state index in [0.717, 1.165) is 120 Å². The lowest BCUT2D eigenvalue weighted by Crippen LogP contribution is -2.52. The van der Waals surface area contributed by atoms with Gasteiger partial charge in [-0.2, -0.15) is 13.2 Å². The van der Waals surface area contributed by atoms with Gasteiger partial charge in [0.1, 0.15) is 17.4 Å². The fourth-order valence-corrected chi connectivity index (χ4v) is 12.1. The van der Waals surface area contributed by atoms with Gasteiger partial charge in [0.15, 0.2) is 0 Å². The molecule has 3 N–H and O–H groups in total. The maximum Gasteiger partial charge on any atom is 0.416 e. The highest BCUT2D eigenvalue weighted by molar-refractivity contribution is 6.32. The summed E-state index contributed by atoms with van der Waals surface area (Å²) < 4.78 is 49.2. The number of benzene rings is 3. The van der Waals surface area contributed by atoms with E-state index in [-0.39, 0.29) is 35.1 Å². The van der Waals surface area contributed by atoms with E-state index in [1.54, 1.807) is 38.3 Å². The van der Waals surface area contributed by atoms with E-state index in [1.165, 1.54) is 22.9 Å². The van der Waals surface area contributed by atoms with Crippen LogP contribution in [-0.4, -0.2) is 105 Å². The number of halogens is 4. The number of ether oxygens (including phenoxy) is 1. The molecule has 1 atom stereocenters. The normalized spacial score (nSPS) is 20.4. The van der Waals surface area contributed by atoms with Crippen LogP contribution in [0, 0.1) is 24.2 Å².